The molecule has 0 amide bonds. The third kappa shape index (κ3) is 3.91. The van der Waals surface area contributed by atoms with Gasteiger partial charge in [0.15, 0.2) is 5.82 Å². The van der Waals surface area contributed by atoms with Gasteiger partial charge in [0.05, 0.1) is 16.8 Å². The van der Waals surface area contributed by atoms with Gasteiger partial charge >= 0.3 is 0 Å². The molecular weight excluding hydrogens is 293 g/mol. The number of benzene rings is 1. The highest BCUT2D eigenvalue weighted by Gasteiger charge is 2.16. The summed E-state index contributed by atoms with van der Waals surface area (Å²) in [4.78, 5) is 3.64. The maximum absolute atomic E-state index is 13.4. The maximum atomic E-state index is 13.4. The van der Waals surface area contributed by atoms with Gasteiger partial charge in [-0.2, -0.15) is 0 Å². The van der Waals surface area contributed by atoms with Gasteiger partial charge in [-0.25, -0.2) is 12.8 Å². The van der Waals surface area contributed by atoms with Crippen LogP contribution in [0.15, 0.2) is 47.6 Å². The molecule has 5 nitrogen and oxygen atoms in total. The fourth-order valence-electron chi connectivity index (χ4n) is 1.68. The van der Waals surface area contributed by atoms with Gasteiger partial charge in [-0.15, -0.1) is 0 Å². The Morgan fingerprint density at radius 1 is 1.19 bits per heavy atom. The van der Waals surface area contributed by atoms with Crippen molar-refractivity contribution in [1.29, 1.82) is 0 Å². The molecule has 7 heteroatoms. The summed E-state index contributed by atoms with van der Waals surface area (Å²) in [6.45, 7) is 2.85. The summed E-state index contributed by atoms with van der Waals surface area (Å²) in [6.07, 6.45) is 3.25. The van der Waals surface area contributed by atoms with E-state index in [1.807, 2.05) is 6.92 Å². The van der Waals surface area contributed by atoms with Crippen LogP contribution in [0, 0.1) is 5.82 Å². The van der Waals surface area contributed by atoms with E-state index in [0.717, 1.165) is 24.8 Å². The first kappa shape index (κ1) is 15.2. The normalized spacial score (nSPS) is 11.1. The molecule has 0 fully saturated rings. The van der Waals surface area contributed by atoms with Gasteiger partial charge < -0.3 is 5.32 Å². The average molecular weight is 309 g/mol. The van der Waals surface area contributed by atoms with Gasteiger partial charge in [-0.1, -0.05) is 6.92 Å². The summed E-state index contributed by atoms with van der Waals surface area (Å²) in [6, 6.07) is 7.56. The molecule has 0 radical (unpaired) electrons. The van der Waals surface area contributed by atoms with E-state index in [0.29, 0.717) is 0 Å². The molecule has 0 unspecified atom stereocenters. The van der Waals surface area contributed by atoms with Crippen LogP contribution < -0.4 is 10.0 Å². The van der Waals surface area contributed by atoms with Crippen LogP contribution in [0.5, 0.6) is 0 Å². The highest BCUT2D eigenvalue weighted by atomic mass is 32.2. The molecule has 1 aromatic carbocycles. The summed E-state index contributed by atoms with van der Waals surface area (Å²) in [5.41, 5.74) is 0.712. The topological polar surface area (TPSA) is 71.1 Å². The van der Waals surface area contributed by atoms with Gasteiger partial charge in [0.25, 0.3) is 10.0 Å². The zero-order valence-electron chi connectivity index (χ0n) is 11.5. The lowest BCUT2D eigenvalue weighted by Crippen LogP contribution is -2.14. The number of pyridine rings is 1. The summed E-state index contributed by atoms with van der Waals surface area (Å²) in [5, 5.41) is 3.15. The molecule has 0 aliphatic heterocycles. The van der Waals surface area contributed by atoms with Crippen molar-refractivity contribution in [2.24, 2.45) is 0 Å². The lowest BCUT2D eigenvalue weighted by molar-refractivity contribution is 0.598. The lowest BCUT2D eigenvalue weighted by atomic mass is 10.3. The molecule has 0 aliphatic carbocycles. The Bertz CT molecular complexity index is 702. The third-order valence-electron chi connectivity index (χ3n) is 2.76. The molecule has 21 heavy (non-hydrogen) atoms. The Labute approximate surface area is 123 Å². The molecule has 2 rings (SSSR count). The molecule has 0 spiro atoms. The third-order valence-corrected chi connectivity index (χ3v) is 4.14. The fraction of sp³-hybridized carbons (Fsp3) is 0.214. The lowest BCUT2D eigenvalue weighted by Gasteiger charge is -2.10. The van der Waals surface area contributed by atoms with Crippen LogP contribution in [-0.2, 0) is 10.0 Å². The molecule has 0 saturated heterocycles. The first-order valence-corrected chi connectivity index (χ1v) is 7.97. The van der Waals surface area contributed by atoms with Gasteiger partial charge in [0.2, 0.25) is 0 Å². The predicted molar refractivity (Wildman–Crippen MR) is 80.2 cm³/mol. The Hall–Kier alpha value is -2.15. The number of hydrogen-bond acceptors (Lipinski definition) is 4. The molecule has 112 valence electrons. The number of nitrogens with one attached hydrogen (secondary N) is 2. The standard InChI is InChI=1S/C14H16FN3O2S/c1-2-8-17-11-3-5-12(6-4-11)21(19,20)18-14-7-9-16-10-13(14)15/h3-7,9-10,17H,2,8H2,1H3,(H,16,18). The molecule has 1 aromatic heterocycles. The van der Waals surface area contributed by atoms with Crippen molar-refractivity contribution >= 4 is 21.4 Å². The second-order valence-corrected chi connectivity index (χ2v) is 6.09. The van der Waals surface area contributed by atoms with Crippen molar-refractivity contribution in [2.45, 2.75) is 18.2 Å². The minimum atomic E-state index is -3.82. The Kier molecular flexibility index (Phi) is 4.74. The summed E-state index contributed by atoms with van der Waals surface area (Å²) in [7, 11) is -3.82. The largest absolute Gasteiger partial charge is 0.385 e. The second-order valence-electron chi connectivity index (χ2n) is 4.41. The quantitative estimate of drug-likeness (QED) is 0.861. The molecule has 0 aliphatic rings. The van der Waals surface area contributed by atoms with E-state index in [2.05, 4.69) is 15.0 Å². The number of nitrogens with zero attached hydrogens (tertiary/aromatic N) is 1. The van der Waals surface area contributed by atoms with E-state index in [1.165, 1.54) is 24.4 Å². The van der Waals surface area contributed by atoms with Crippen molar-refractivity contribution in [1.82, 2.24) is 4.98 Å². The first-order valence-electron chi connectivity index (χ1n) is 6.49. The molecule has 2 N–H and O–H groups in total. The van der Waals surface area contributed by atoms with Crippen LogP contribution in [0.1, 0.15) is 13.3 Å². The SMILES string of the molecule is CCCNc1ccc(S(=O)(=O)Nc2ccncc2F)cc1. The molecule has 2 aromatic rings. The zero-order chi connectivity index (χ0) is 15.3. The van der Waals surface area contributed by atoms with E-state index in [9.17, 15) is 12.8 Å². The molecule has 0 saturated carbocycles. The number of halogens is 1. The van der Waals surface area contributed by atoms with Gasteiger partial charge in [-0.3, -0.25) is 9.71 Å². The van der Waals surface area contributed by atoms with E-state index >= 15 is 0 Å². The monoisotopic (exact) mass is 309 g/mol. The van der Waals surface area contributed by atoms with Crippen LogP contribution in [0.2, 0.25) is 0 Å². The van der Waals surface area contributed by atoms with Crippen LogP contribution >= 0.6 is 0 Å². The van der Waals surface area contributed by atoms with Gasteiger partial charge in [0, 0.05) is 18.4 Å². The minimum Gasteiger partial charge on any atom is -0.385 e. The number of anilines is 2. The average Bonchev–Trinajstić information content (AvgIpc) is 2.48. The minimum absolute atomic E-state index is 0.0701. The fourth-order valence-corrected chi connectivity index (χ4v) is 2.75. The van der Waals surface area contributed by atoms with E-state index < -0.39 is 15.8 Å². The Balaban J connectivity index is 2.18. The summed E-state index contributed by atoms with van der Waals surface area (Å²) in [5.74, 6) is -0.720. The summed E-state index contributed by atoms with van der Waals surface area (Å²) < 4.78 is 40.0. The van der Waals surface area contributed by atoms with Crippen LogP contribution in [0.25, 0.3) is 0 Å². The Morgan fingerprint density at radius 2 is 1.90 bits per heavy atom. The number of aromatic nitrogens is 1. The van der Waals surface area contributed by atoms with Crippen LogP contribution in [0.4, 0.5) is 15.8 Å². The highest BCUT2D eigenvalue weighted by molar-refractivity contribution is 7.92. The number of sulfonamides is 1. The molecular formula is C14H16FN3O2S. The molecule has 0 atom stereocenters. The molecule has 1 heterocycles. The summed E-state index contributed by atoms with van der Waals surface area (Å²) >= 11 is 0. The van der Waals surface area contributed by atoms with Gasteiger partial charge in [-0.05, 0) is 36.8 Å². The zero-order valence-corrected chi connectivity index (χ0v) is 12.3. The number of hydrogen-bond donors (Lipinski definition) is 2. The van der Waals surface area contributed by atoms with E-state index in [4.69, 9.17) is 0 Å². The van der Waals surface area contributed by atoms with Crippen molar-refractivity contribution in [3.8, 4) is 0 Å². The van der Waals surface area contributed by atoms with Crippen molar-refractivity contribution < 1.29 is 12.8 Å². The van der Waals surface area contributed by atoms with Crippen LogP contribution in [0.3, 0.4) is 0 Å². The van der Waals surface area contributed by atoms with Crippen LogP contribution in [-0.4, -0.2) is 19.9 Å². The maximum Gasteiger partial charge on any atom is 0.261 e. The second kappa shape index (κ2) is 6.53. The van der Waals surface area contributed by atoms with Gasteiger partial charge in [0.1, 0.15) is 0 Å². The smallest absolute Gasteiger partial charge is 0.261 e. The van der Waals surface area contributed by atoms with E-state index in [-0.39, 0.29) is 10.6 Å². The van der Waals surface area contributed by atoms with Crippen molar-refractivity contribution in [3.63, 3.8) is 0 Å². The van der Waals surface area contributed by atoms with E-state index in [1.54, 1.807) is 12.1 Å². The first-order chi connectivity index (χ1) is 10.0. The van der Waals surface area contributed by atoms with Crippen molar-refractivity contribution in [3.05, 3.63) is 48.5 Å². The predicted octanol–water partition coefficient (Wildman–Crippen LogP) is 2.84. The Morgan fingerprint density at radius 3 is 2.52 bits per heavy atom. The van der Waals surface area contributed by atoms with Crippen molar-refractivity contribution in [2.75, 3.05) is 16.6 Å². The number of rotatable bonds is 6. The highest BCUT2D eigenvalue weighted by Crippen LogP contribution is 2.19. The molecule has 0 bridgehead atoms.